The fourth-order valence-electron chi connectivity index (χ4n) is 2.99. The van der Waals surface area contributed by atoms with Crippen molar-refractivity contribution < 1.29 is 14.3 Å². The van der Waals surface area contributed by atoms with E-state index in [1.807, 2.05) is 42.7 Å². The van der Waals surface area contributed by atoms with Gasteiger partial charge in [0.2, 0.25) is 5.91 Å². The molecule has 3 rings (SSSR count). The van der Waals surface area contributed by atoms with E-state index in [9.17, 15) is 9.59 Å². The Labute approximate surface area is 184 Å². The van der Waals surface area contributed by atoms with Crippen molar-refractivity contribution in [3.63, 3.8) is 0 Å². The molecular weight excluding hydrogens is 424 g/mol. The third-order valence-electron chi connectivity index (χ3n) is 4.41. The Morgan fingerprint density at radius 2 is 2.00 bits per heavy atom. The molecule has 158 valence electrons. The van der Waals surface area contributed by atoms with E-state index in [0.717, 1.165) is 22.2 Å². The minimum absolute atomic E-state index is 0.0460. The number of aromatic nitrogens is 2. The zero-order valence-electron chi connectivity index (χ0n) is 17.0. The number of amides is 3. The molecule has 0 saturated heterocycles. The lowest BCUT2D eigenvalue weighted by atomic mass is 10.1. The molecule has 30 heavy (non-hydrogen) atoms. The number of thioether (sulfide) groups is 1. The zero-order chi connectivity index (χ0) is 21.7. The Kier molecular flexibility index (Phi) is 7.36. The normalized spacial score (nSPS) is 10.9. The largest absolute Gasteiger partial charge is 0.383 e. The molecule has 0 radical (unpaired) electrons. The van der Waals surface area contributed by atoms with Crippen LogP contribution in [-0.2, 0) is 16.1 Å². The quantitative estimate of drug-likeness (QED) is 0.525. The van der Waals surface area contributed by atoms with E-state index in [0.29, 0.717) is 29.0 Å². The number of benzene rings is 2. The maximum Gasteiger partial charge on any atom is 0.325 e. The Morgan fingerprint density at radius 3 is 2.73 bits per heavy atom. The third-order valence-corrected chi connectivity index (χ3v) is 5.62. The van der Waals surface area contributed by atoms with Crippen LogP contribution < -0.4 is 10.6 Å². The number of methoxy groups -OCH3 is 1. The molecule has 0 bridgehead atoms. The molecule has 0 spiro atoms. The number of hydrogen-bond donors (Lipinski definition) is 2. The molecule has 0 atom stereocenters. The average molecular weight is 447 g/mol. The van der Waals surface area contributed by atoms with Crippen LogP contribution in [-0.4, -0.2) is 41.0 Å². The SMILES string of the molecule is COCCn1c(SCC(=O)NC(=O)Nc2ccc(C)cc2C)nc2cc(Cl)ccc21. The van der Waals surface area contributed by atoms with Crippen LogP contribution in [0.3, 0.4) is 0 Å². The van der Waals surface area contributed by atoms with Gasteiger partial charge in [0.1, 0.15) is 0 Å². The molecule has 1 heterocycles. The maximum absolute atomic E-state index is 12.3. The van der Waals surface area contributed by atoms with Crippen molar-refractivity contribution in [1.29, 1.82) is 0 Å². The van der Waals surface area contributed by atoms with E-state index >= 15 is 0 Å². The van der Waals surface area contributed by atoms with Crippen molar-refractivity contribution in [2.75, 3.05) is 24.8 Å². The number of halogens is 1. The number of nitrogens with zero attached hydrogens (tertiary/aromatic N) is 2. The first-order chi connectivity index (χ1) is 14.4. The Morgan fingerprint density at radius 1 is 1.20 bits per heavy atom. The average Bonchev–Trinajstić information content (AvgIpc) is 3.03. The molecular formula is C21H23ClN4O3S. The first-order valence-electron chi connectivity index (χ1n) is 9.33. The minimum atomic E-state index is -0.563. The summed E-state index contributed by atoms with van der Waals surface area (Å²) in [6.45, 7) is 4.97. The van der Waals surface area contributed by atoms with E-state index in [1.54, 1.807) is 19.2 Å². The molecule has 0 aliphatic rings. The van der Waals surface area contributed by atoms with Gasteiger partial charge < -0.3 is 14.6 Å². The summed E-state index contributed by atoms with van der Waals surface area (Å²) in [5.41, 5.74) is 4.35. The van der Waals surface area contributed by atoms with Crippen LogP contribution in [0.15, 0.2) is 41.6 Å². The number of rotatable bonds is 7. The Balaban J connectivity index is 1.63. The van der Waals surface area contributed by atoms with Crippen LogP contribution in [0.25, 0.3) is 11.0 Å². The molecule has 7 nitrogen and oxygen atoms in total. The molecule has 0 unspecified atom stereocenters. The molecule has 2 aromatic carbocycles. The minimum Gasteiger partial charge on any atom is -0.383 e. The number of carbonyl (C=O) groups is 2. The molecule has 0 saturated carbocycles. The van der Waals surface area contributed by atoms with E-state index < -0.39 is 11.9 Å². The van der Waals surface area contributed by atoms with Gasteiger partial charge in [-0.1, -0.05) is 41.1 Å². The zero-order valence-corrected chi connectivity index (χ0v) is 18.6. The van der Waals surface area contributed by atoms with Crippen LogP contribution in [0.4, 0.5) is 10.5 Å². The Hall–Kier alpha value is -2.55. The number of hydrogen-bond acceptors (Lipinski definition) is 5. The third kappa shape index (κ3) is 5.53. The number of fused-ring (bicyclic) bond motifs is 1. The number of imide groups is 1. The number of ether oxygens (including phenoxy) is 1. The number of imidazole rings is 1. The molecule has 0 fully saturated rings. The molecule has 9 heteroatoms. The van der Waals surface area contributed by atoms with Gasteiger partial charge in [0.25, 0.3) is 0 Å². The summed E-state index contributed by atoms with van der Waals surface area (Å²) in [4.78, 5) is 29.0. The maximum atomic E-state index is 12.3. The van der Waals surface area contributed by atoms with Gasteiger partial charge in [-0.15, -0.1) is 0 Å². The predicted molar refractivity (Wildman–Crippen MR) is 120 cm³/mol. The highest BCUT2D eigenvalue weighted by molar-refractivity contribution is 7.99. The van der Waals surface area contributed by atoms with E-state index in [4.69, 9.17) is 16.3 Å². The lowest BCUT2D eigenvalue weighted by molar-refractivity contribution is -0.117. The van der Waals surface area contributed by atoms with E-state index in [1.165, 1.54) is 11.8 Å². The second kappa shape index (κ2) is 9.97. The van der Waals surface area contributed by atoms with Crippen molar-refractivity contribution >= 4 is 52.0 Å². The molecule has 0 aliphatic heterocycles. The highest BCUT2D eigenvalue weighted by Gasteiger charge is 2.15. The number of nitrogens with one attached hydrogen (secondary N) is 2. The summed E-state index contributed by atoms with van der Waals surface area (Å²) in [6, 6.07) is 10.6. The first-order valence-corrected chi connectivity index (χ1v) is 10.7. The molecule has 3 aromatic rings. The predicted octanol–water partition coefficient (Wildman–Crippen LogP) is 4.39. The van der Waals surface area contributed by atoms with Gasteiger partial charge in [0.15, 0.2) is 5.16 Å². The molecule has 2 N–H and O–H groups in total. The second-order valence-corrected chi connectivity index (χ2v) is 8.16. The monoisotopic (exact) mass is 446 g/mol. The number of carbonyl (C=O) groups excluding carboxylic acids is 2. The lowest BCUT2D eigenvalue weighted by Gasteiger charge is -2.10. The first kappa shape index (κ1) is 22.1. The van der Waals surface area contributed by atoms with E-state index in [-0.39, 0.29) is 5.75 Å². The van der Waals surface area contributed by atoms with Gasteiger partial charge in [-0.25, -0.2) is 9.78 Å². The lowest BCUT2D eigenvalue weighted by Crippen LogP contribution is -2.35. The highest BCUT2D eigenvalue weighted by atomic mass is 35.5. The molecule has 0 aliphatic carbocycles. The van der Waals surface area contributed by atoms with Crippen LogP contribution in [0.1, 0.15) is 11.1 Å². The second-order valence-electron chi connectivity index (χ2n) is 6.78. The summed E-state index contributed by atoms with van der Waals surface area (Å²) in [5, 5.41) is 6.31. The smallest absolute Gasteiger partial charge is 0.325 e. The summed E-state index contributed by atoms with van der Waals surface area (Å²) in [6.07, 6.45) is 0. The van der Waals surface area contributed by atoms with E-state index in [2.05, 4.69) is 15.6 Å². The van der Waals surface area contributed by atoms with Gasteiger partial charge in [0, 0.05) is 24.4 Å². The van der Waals surface area contributed by atoms with Gasteiger partial charge >= 0.3 is 6.03 Å². The van der Waals surface area contributed by atoms with Crippen molar-refractivity contribution in [2.45, 2.75) is 25.5 Å². The van der Waals surface area contributed by atoms with Crippen LogP contribution in [0.2, 0.25) is 5.02 Å². The van der Waals surface area contributed by atoms with Crippen LogP contribution in [0.5, 0.6) is 0 Å². The summed E-state index contributed by atoms with van der Waals surface area (Å²) in [5.74, 6) is -0.365. The molecule has 1 aromatic heterocycles. The topological polar surface area (TPSA) is 85.2 Å². The van der Waals surface area contributed by atoms with Gasteiger partial charge in [0.05, 0.1) is 23.4 Å². The van der Waals surface area contributed by atoms with Crippen molar-refractivity contribution in [1.82, 2.24) is 14.9 Å². The summed E-state index contributed by atoms with van der Waals surface area (Å²) in [7, 11) is 1.63. The van der Waals surface area contributed by atoms with Crippen LogP contribution in [0, 0.1) is 13.8 Å². The summed E-state index contributed by atoms with van der Waals surface area (Å²) >= 11 is 7.32. The van der Waals surface area contributed by atoms with Gasteiger partial charge in [-0.2, -0.15) is 0 Å². The van der Waals surface area contributed by atoms with Crippen molar-refractivity contribution in [3.8, 4) is 0 Å². The number of urea groups is 1. The van der Waals surface area contributed by atoms with Gasteiger partial charge in [-0.3, -0.25) is 10.1 Å². The fourth-order valence-corrected chi connectivity index (χ4v) is 4.00. The standard InChI is InChI=1S/C21H23ClN4O3S/c1-13-4-6-16(14(2)10-13)23-20(28)25-19(27)12-30-21-24-17-11-15(22)5-7-18(17)26(21)8-9-29-3/h4-7,10-11H,8-9,12H2,1-3H3,(H2,23,25,27,28). The van der Waals surface area contributed by atoms with Crippen molar-refractivity contribution in [2.24, 2.45) is 0 Å². The number of anilines is 1. The number of aryl methyl sites for hydroxylation is 2. The Bertz CT molecular complexity index is 1080. The fraction of sp³-hybridized carbons (Fsp3) is 0.286. The summed E-state index contributed by atoms with van der Waals surface area (Å²) < 4.78 is 7.15. The molecule has 3 amide bonds. The van der Waals surface area contributed by atoms with Crippen molar-refractivity contribution in [3.05, 3.63) is 52.5 Å². The highest BCUT2D eigenvalue weighted by Crippen LogP contribution is 2.26. The van der Waals surface area contributed by atoms with Crippen LogP contribution >= 0.6 is 23.4 Å². The van der Waals surface area contributed by atoms with Gasteiger partial charge in [-0.05, 0) is 43.7 Å².